The van der Waals surface area contributed by atoms with Crippen molar-refractivity contribution in [1.82, 2.24) is 14.6 Å². The second kappa shape index (κ2) is 11.3. The number of hydrogen-bond acceptors (Lipinski definition) is 9. The third-order valence-corrected chi connectivity index (χ3v) is 6.50. The quantitative estimate of drug-likeness (QED) is 0.354. The van der Waals surface area contributed by atoms with Crippen molar-refractivity contribution in [2.24, 2.45) is 0 Å². The van der Waals surface area contributed by atoms with Gasteiger partial charge in [0.15, 0.2) is 12.5 Å². The van der Waals surface area contributed by atoms with Gasteiger partial charge in [0.05, 0.1) is 13.2 Å². The van der Waals surface area contributed by atoms with Crippen LogP contribution < -0.4 is 20.9 Å². The van der Waals surface area contributed by atoms with Crippen molar-refractivity contribution in [1.29, 1.82) is 0 Å². The maximum atomic E-state index is 13.4. The Labute approximate surface area is 199 Å². The highest BCUT2D eigenvalue weighted by molar-refractivity contribution is 7.52. The zero-order valence-electron chi connectivity index (χ0n) is 18.7. The molecule has 14 heteroatoms. The number of carbonyl (C=O) groups excluding carboxylic acids is 1. The maximum absolute atomic E-state index is 13.4. The van der Waals surface area contributed by atoms with Gasteiger partial charge < -0.3 is 18.7 Å². The minimum Gasteiger partial charge on any atom is -0.465 e. The molecule has 1 fully saturated rings. The maximum Gasteiger partial charge on any atom is 0.459 e. The summed E-state index contributed by atoms with van der Waals surface area (Å²) in [4.78, 5) is 37.9. The molecule has 0 radical (unpaired) electrons. The summed E-state index contributed by atoms with van der Waals surface area (Å²) in [5, 5.41) is 2.97. The summed E-state index contributed by atoms with van der Waals surface area (Å²) in [6, 6.07) is 5.03. The van der Waals surface area contributed by atoms with Crippen LogP contribution in [0.3, 0.4) is 0 Å². The first kappa shape index (κ1) is 26.1. The molecule has 2 unspecified atom stereocenters. The highest BCUT2D eigenvalue weighted by Crippen LogP contribution is 2.45. The van der Waals surface area contributed by atoms with Crippen LogP contribution in [-0.2, 0) is 28.1 Å². The number of carbonyl (C=O) groups is 1. The Morgan fingerprint density at radius 3 is 2.74 bits per heavy atom. The Bertz CT molecular complexity index is 1170. The molecule has 3 rings (SSSR count). The monoisotopic (exact) mass is 517 g/mol. The fraction of sp³-hybridized carbons (Fsp3) is 0.450. The molecule has 1 saturated heterocycles. The van der Waals surface area contributed by atoms with Crippen molar-refractivity contribution >= 4 is 25.3 Å². The molecule has 0 aliphatic carbocycles. The second-order valence-electron chi connectivity index (χ2n) is 7.27. The molecule has 34 heavy (non-hydrogen) atoms. The van der Waals surface area contributed by atoms with E-state index < -0.39 is 43.5 Å². The normalized spacial score (nSPS) is 20.5. The molecule has 186 valence electrons. The molecule has 2 aromatic rings. The van der Waals surface area contributed by atoms with Crippen LogP contribution in [0.5, 0.6) is 5.75 Å². The molecule has 12 nitrogen and oxygen atoms in total. The second-order valence-corrected chi connectivity index (χ2v) is 9.40. The zero-order valence-corrected chi connectivity index (χ0v) is 20.3. The highest BCUT2D eigenvalue weighted by Gasteiger charge is 2.36. The summed E-state index contributed by atoms with van der Waals surface area (Å²) < 4.78 is 41.7. The van der Waals surface area contributed by atoms with Gasteiger partial charge in [-0.05, 0) is 45.0 Å². The van der Waals surface area contributed by atoms with E-state index in [2.05, 4.69) is 10.1 Å². The van der Waals surface area contributed by atoms with Gasteiger partial charge >= 0.3 is 19.4 Å². The van der Waals surface area contributed by atoms with Crippen LogP contribution in [0.2, 0.25) is 5.02 Å². The van der Waals surface area contributed by atoms with Crippen LogP contribution in [-0.4, -0.2) is 47.7 Å². The fourth-order valence-corrected chi connectivity index (χ4v) is 4.52. The lowest BCUT2D eigenvalue weighted by Gasteiger charge is -2.23. The number of hydrogen-bond donors (Lipinski definition) is 2. The predicted molar refractivity (Wildman–Crippen MR) is 121 cm³/mol. The number of halogens is 1. The SMILES string of the molecule is CCOC(=O)C(C)NP(=O)(OC[C@@H]1OC[C@H](n2cc(C)c(=O)[nH]c2=O)O1)Oc1ccc(Cl)cc1. The van der Waals surface area contributed by atoms with Crippen LogP contribution in [0, 0.1) is 6.92 Å². The minimum absolute atomic E-state index is 0.0194. The van der Waals surface area contributed by atoms with Crippen LogP contribution >= 0.6 is 19.3 Å². The summed E-state index contributed by atoms with van der Waals surface area (Å²) in [6.07, 6.45) is -0.485. The number of H-pyrrole nitrogens is 1. The van der Waals surface area contributed by atoms with E-state index >= 15 is 0 Å². The molecule has 0 bridgehead atoms. The van der Waals surface area contributed by atoms with Crippen LogP contribution in [0.15, 0.2) is 40.1 Å². The number of esters is 1. The van der Waals surface area contributed by atoms with Crippen molar-refractivity contribution in [2.75, 3.05) is 19.8 Å². The van der Waals surface area contributed by atoms with Gasteiger partial charge in [0, 0.05) is 16.8 Å². The average Bonchev–Trinajstić information content (AvgIpc) is 3.25. The standard InChI is InChI=1S/C20H25ClN3O9P/c1-4-29-19(26)13(3)23-34(28,33-15-7-5-14(21)6-8-15)31-11-17-30-10-16(32-17)24-9-12(2)18(25)22-20(24)27/h5-9,13,16-17H,4,10-11H2,1-3H3,(H,23,28)(H,22,25,27)/t13?,16-,17-,34?/m1/s1. The third kappa shape index (κ3) is 6.78. The smallest absolute Gasteiger partial charge is 0.459 e. The number of aromatic nitrogens is 2. The van der Waals surface area contributed by atoms with E-state index in [-0.39, 0.29) is 25.6 Å². The fourth-order valence-electron chi connectivity index (χ4n) is 2.92. The lowest BCUT2D eigenvalue weighted by molar-refractivity contribution is -0.144. The van der Waals surface area contributed by atoms with Gasteiger partial charge in [-0.1, -0.05) is 11.6 Å². The van der Waals surface area contributed by atoms with Crippen LogP contribution in [0.25, 0.3) is 0 Å². The molecule has 0 saturated carbocycles. The lowest BCUT2D eigenvalue weighted by Crippen LogP contribution is -2.36. The van der Waals surface area contributed by atoms with Crippen molar-refractivity contribution in [2.45, 2.75) is 39.3 Å². The Kier molecular flexibility index (Phi) is 8.69. The van der Waals surface area contributed by atoms with Crippen LogP contribution in [0.4, 0.5) is 0 Å². The van der Waals surface area contributed by atoms with E-state index in [1.807, 2.05) is 0 Å². The first-order valence-electron chi connectivity index (χ1n) is 10.3. The van der Waals surface area contributed by atoms with Gasteiger partial charge in [-0.15, -0.1) is 0 Å². The van der Waals surface area contributed by atoms with Crippen molar-refractivity contribution in [3.8, 4) is 5.75 Å². The van der Waals surface area contributed by atoms with Crippen molar-refractivity contribution < 1.29 is 32.6 Å². The Hall–Kier alpha value is -2.47. The number of rotatable bonds is 10. The van der Waals surface area contributed by atoms with E-state index in [1.165, 1.54) is 42.0 Å². The highest BCUT2D eigenvalue weighted by atomic mass is 35.5. The zero-order chi connectivity index (χ0) is 24.9. The molecular weight excluding hydrogens is 493 g/mol. The summed E-state index contributed by atoms with van der Waals surface area (Å²) in [5.41, 5.74) is -0.838. The van der Waals surface area contributed by atoms with Gasteiger partial charge in [0.25, 0.3) is 5.56 Å². The largest absolute Gasteiger partial charge is 0.465 e. The number of nitrogens with zero attached hydrogens (tertiary/aromatic N) is 1. The van der Waals surface area contributed by atoms with E-state index in [1.54, 1.807) is 13.8 Å². The molecule has 1 aliphatic heterocycles. The van der Waals surface area contributed by atoms with E-state index in [0.717, 1.165) is 0 Å². The van der Waals surface area contributed by atoms with Gasteiger partial charge in [0.2, 0.25) is 0 Å². The minimum atomic E-state index is -4.13. The lowest BCUT2D eigenvalue weighted by atomic mass is 10.3. The van der Waals surface area contributed by atoms with Gasteiger partial charge in [0.1, 0.15) is 18.4 Å². The molecule has 0 amide bonds. The number of nitrogens with one attached hydrogen (secondary N) is 2. The summed E-state index contributed by atoms with van der Waals surface area (Å²) in [5.74, 6) is -0.468. The third-order valence-electron chi connectivity index (χ3n) is 4.60. The number of ether oxygens (including phenoxy) is 3. The molecule has 1 aliphatic rings. The molecule has 1 aromatic carbocycles. The summed E-state index contributed by atoms with van der Waals surface area (Å²) >= 11 is 5.87. The first-order chi connectivity index (χ1) is 16.1. The first-order valence-corrected chi connectivity index (χ1v) is 12.3. The molecule has 2 heterocycles. The number of aromatic amines is 1. The number of aryl methyl sites for hydroxylation is 1. The Morgan fingerprint density at radius 2 is 2.06 bits per heavy atom. The van der Waals surface area contributed by atoms with Crippen molar-refractivity contribution in [3.63, 3.8) is 0 Å². The van der Waals surface area contributed by atoms with E-state index in [0.29, 0.717) is 10.6 Å². The summed E-state index contributed by atoms with van der Waals surface area (Å²) in [7, 11) is -4.13. The van der Waals surface area contributed by atoms with Crippen LogP contribution in [0.1, 0.15) is 25.6 Å². The predicted octanol–water partition coefficient (Wildman–Crippen LogP) is 2.11. The summed E-state index contributed by atoms with van der Waals surface area (Å²) in [6.45, 7) is 4.40. The molecule has 2 N–H and O–H groups in total. The molecule has 1 aromatic heterocycles. The van der Waals surface area contributed by atoms with Gasteiger partial charge in [-0.25, -0.2) is 9.36 Å². The molecular formula is C20H25ClN3O9P. The topological polar surface area (TPSA) is 147 Å². The van der Waals surface area contributed by atoms with E-state index in [9.17, 15) is 18.9 Å². The Morgan fingerprint density at radius 1 is 1.35 bits per heavy atom. The molecule has 0 spiro atoms. The van der Waals surface area contributed by atoms with Crippen molar-refractivity contribution in [3.05, 3.63) is 61.9 Å². The average molecular weight is 518 g/mol. The van der Waals surface area contributed by atoms with Gasteiger partial charge in [-0.3, -0.25) is 23.7 Å². The Balaban J connectivity index is 1.70. The van der Waals surface area contributed by atoms with Gasteiger partial charge in [-0.2, -0.15) is 5.09 Å². The molecule has 4 atom stereocenters. The van der Waals surface area contributed by atoms with E-state index in [4.69, 9.17) is 34.9 Å². The number of benzene rings is 1.